The molecule has 16 heavy (non-hydrogen) atoms. The van der Waals surface area contributed by atoms with Crippen molar-refractivity contribution in [2.75, 3.05) is 18.6 Å². The lowest BCUT2D eigenvalue weighted by Crippen LogP contribution is -2.12. The summed E-state index contributed by atoms with van der Waals surface area (Å²) in [5, 5.41) is 0.625. The Bertz CT molecular complexity index is 371. The van der Waals surface area contributed by atoms with Crippen molar-refractivity contribution in [3.63, 3.8) is 0 Å². The van der Waals surface area contributed by atoms with Gasteiger partial charge in [-0.15, -0.1) is 0 Å². The highest BCUT2D eigenvalue weighted by Gasteiger charge is 2.06. The minimum absolute atomic E-state index is 0.330. The maximum absolute atomic E-state index is 5.89. The van der Waals surface area contributed by atoms with Crippen molar-refractivity contribution in [2.45, 2.75) is 6.42 Å². The van der Waals surface area contributed by atoms with Gasteiger partial charge in [0.15, 0.2) is 0 Å². The molecule has 0 spiro atoms. The lowest BCUT2D eigenvalue weighted by Gasteiger charge is -2.10. The van der Waals surface area contributed by atoms with Crippen LogP contribution in [0.1, 0.15) is 12.0 Å². The van der Waals surface area contributed by atoms with E-state index in [1.165, 1.54) is 0 Å². The molecule has 5 heteroatoms. The molecular weight excluding hydrogens is 262 g/mol. The molecule has 0 aromatic heterocycles. The quantitative estimate of drug-likeness (QED) is 0.639. The van der Waals surface area contributed by atoms with Crippen molar-refractivity contribution < 1.29 is 4.74 Å². The maximum Gasteiger partial charge on any atom is 0.130 e. The highest BCUT2D eigenvalue weighted by molar-refractivity contribution is 7.98. The molecule has 0 fully saturated rings. The van der Waals surface area contributed by atoms with Gasteiger partial charge in [-0.25, -0.2) is 0 Å². The van der Waals surface area contributed by atoms with E-state index in [1.54, 1.807) is 30.0 Å². The number of halogens is 1. The topological polar surface area (TPSA) is 35.2 Å². The van der Waals surface area contributed by atoms with E-state index in [0.29, 0.717) is 22.4 Å². The van der Waals surface area contributed by atoms with Crippen molar-refractivity contribution in [2.24, 2.45) is 5.73 Å². The van der Waals surface area contributed by atoms with Crippen LogP contribution in [-0.2, 0) is 0 Å². The number of thiocarbonyl (C=S) groups is 1. The molecule has 0 aliphatic rings. The number of ether oxygens (including phenoxy) is 1. The first kappa shape index (κ1) is 13.6. The SMILES string of the molecule is CSCCCOc1cc(Cl)ccc1C(N)=S. The summed E-state index contributed by atoms with van der Waals surface area (Å²) < 4.78 is 5.62. The smallest absolute Gasteiger partial charge is 0.130 e. The summed E-state index contributed by atoms with van der Waals surface area (Å²) in [7, 11) is 0. The molecule has 1 aromatic carbocycles. The standard InChI is InChI=1S/C11H14ClNOS2/c1-16-6-2-5-14-10-7-8(12)3-4-9(10)11(13)15/h3-4,7H,2,5-6H2,1H3,(H2,13,15). The third-order valence-electron chi connectivity index (χ3n) is 1.96. The molecule has 0 heterocycles. The van der Waals surface area contributed by atoms with Crippen LogP contribution >= 0.6 is 35.6 Å². The van der Waals surface area contributed by atoms with Crippen LogP contribution in [0.4, 0.5) is 0 Å². The van der Waals surface area contributed by atoms with Gasteiger partial charge in [0.1, 0.15) is 10.7 Å². The lowest BCUT2D eigenvalue weighted by molar-refractivity contribution is 0.318. The second kappa shape index (κ2) is 6.99. The Hall–Kier alpha value is -0.450. The zero-order chi connectivity index (χ0) is 12.0. The average Bonchev–Trinajstić information content (AvgIpc) is 2.24. The van der Waals surface area contributed by atoms with Gasteiger partial charge in [-0.3, -0.25) is 0 Å². The van der Waals surface area contributed by atoms with Crippen LogP contribution in [0.2, 0.25) is 5.02 Å². The monoisotopic (exact) mass is 275 g/mol. The normalized spacial score (nSPS) is 10.1. The molecule has 0 amide bonds. The number of nitrogens with two attached hydrogens (primary N) is 1. The predicted molar refractivity (Wildman–Crippen MR) is 75.8 cm³/mol. The Balaban J connectivity index is 2.68. The van der Waals surface area contributed by atoms with Gasteiger partial charge in [0.2, 0.25) is 0 Å². The molecule has 0 saturated carbocycles. The number of benzene rings is 1. The fraction of sp³-hybridized carbons (Fsp3) is 0.364. The zero-order valence-corrected chi connectivity index (χ0v) is 11.4. The first-order chi connectivity index (χ1) is 7.65. The van der Waals surface area contributed by atoms with Crippen LogP contribution in [0, 0.1) is 0 Å². The summed E-state index contributed by atoms with van der Waals surface area (Å²) in [5.41, 5.74) is 6.34. The minimum Gasteiger partial charge on any atom is -0.493 e. The van der Waals surface area contributed by atoms with Crippen LogP contribution in [-0.4, -0.2) is 23.6 Å². The molecule has 0 unspecified atom stereocenters. The van der Waals surface area contributed by atoms with Crippen LogP contribution in [0.3, 0.4) is 0 Å². The van der Waals surface area contributed by atoms with Gasteiger partial charge in [-0.1, -0.05) is 23.8 Å². The Labute approximate surface area is 110 Å². The molecule has 0 radical (unpaired) electrons. The molecule has 0 aliphatic heterocycles. The summed E-state index contributed by atoms with van der Waals surface area (Å²) in [5.74, 6) is 1.74. The van der Waals surface area contributed by atoms with Crippen LogP contribution < -0.4 is 10.5 Å². The molecule has 88 valence electrons. The second-order valence-corrected chi connectivity index (χ2v) is 5.06. The van der Waals surface area contributed by atoms with Gasteiger partial charge < -0.3 is 10.5 Å². The van der Waals surface area contributed by atoms with Crippen LogP contribution in [0.15, 0.2) is 18.2 Å². The summed E-state index contributed by atoms with van der Waals surface area (Å²) in [6, 6.07) is 5.29. The molecule has 2 N–H and O–H groups in total. The summed E-state index contributed by atoms with van der Waals surface area (Å²) >= 11 is 12.6. The fourth-order valence-corrected chi connectivity index (χ4v) is 1.94. The van der Waals surface area contributed by atoms with Gasteiger partial charge in [0.05, 0.1) is 12.2 Å². The highest BCUT2D eigenvalue weighted by atomic mass is 35.5. The van der Waals surface area contributed by atoms with E-state index in [4.69, 9.17) is 34.3 Å². The van der Waals surface area contributed by atoms with Gasteiger partial charge in [-0.2, -0.15) is 11.8 Å². The molecule has 0 atom stereocenters. The first-order valence-corrected chi connectivity index (χ1v) is 7.04. The Morgan fingerprint density at radius 2 is 2.31 bits per heavy atom. The van der Waals surface area contributed by atoms with Crippen molar-refractivity contribution in [3.05, 3.63) is 28.8 Å². The molecule has 1 rings (SSSR count). The third-order valence-corrected chi connectivity index (χ3v) is 3.11. The van der Waals surface area contributed by atoms with Crippen molar-refractivity contribution in [1.82, 2.24) is 0 Å². The zero-order valence-electron chi connectivity index (χ0n) is 9.03. The molecule has 1 aromatic rings. The molecule has 2 nitrogen and oxygen atoms in total. The van der Waals surface area contributed by atoms with Crippen molar-refractivity contribution in [1.29, 1.82) is 0 Å². The Morgan fingerprint density at radius 3 is 2.94 bits per heavy atom. The van der Waals surface area contributed by atoms with Crippen molar-refractivity contribution in [3.8, 4) is 5.75 Å². The average molecular weight is 276 g/mol. The summed E-state index contributed by atoms with van der Waals surface area (Å²) in [4.78, 5) is 0.330. The fourth-order valence-electron chi connectivity index (χ4n) is 1.20. The van der Waals surface area contributed by atoms with Gasteiger partial charge in [0.25, 0.3) is 0 Å². The predicted octanol–water partition coefficient (Wildman–Crippen LogP) is 3.11. The first-order valence-electron chi connectivity index (χ1n) is 4.86. The van der Waals surface area contributed by atoms with E-state index in [2.05, 4.69) is 6.26 Å². The number of rotatable bonds is 6. The molecule has 0 bridgehead atoms. The molecule has 0 saturated heterocycles. The maximum atomic E-state index is 5.89. The summed E-state index contributed by atoms with van der Waals surface area (Å²) in [6.45, 7) is 0.650. The largest absolute Gasteiger partial charge is 0.493 e. The van der Waals surface area contributed by atoms with E-state index >= 15 is 0 Å². The van der Waals surface area contributed by atoms with E-state index < -0.39 is 0 Å². The van der Waals surface area contributed by atoms with Gasteiger partial charge in [0, 0.05) is 5.02 Å². The number of hydrogen-bond acceptors (Lipinski definition) is 3. The van der Waals surface area contributed by atoms with Crippen LogP contribution in [0.5, 0.6) is 5.75 Å². The van der Waals surface area contributed by atoms with E-state index in [-0.39, 0.29) is 0 Å². The van der Waals surface area contributed by atoms with Gasteiger partial charge in [-0.05, 0) is 36.6 Å². The van der Waals surface area contributed by atoms with Crippen molar-refractivity contribution >= 4 is 40.6 Å². The second-order valence-electron chi connectivity index (χ2n) is 3.20. The summed E-state index contributed by atoms with van der Waals surface area (Å²) in [6.07, 6.45) is 3.06. The number of hydrogen-bond donors (Lipinski definition) is 1. The van der Waals surface area contributed by atoms with Crippen LogP contribution in [0.25, 0.3) is 0 Å². The number of thioether (sulfide) groups is 1. The lowest BCUT2D eigenvalue weighted by atomic mass is 10.2. The minimum atomic E-state index is 0.330. The third kappa shape index (κ3) is 4.20. The molecule has 0 aliphatic carbocycles. The Kier molecular flexibility index (Phi) is 5.95. The molecular formula is C11H14ClNOS2. The van der Waals surface area contributed by atoms with E-state index in [9.17, 15) is 0 Å². The Morgan fingerprint density at radius 1 is 1.56 bits per heavy atom. The van der Waals surface area contributed by atoms with Gasteiger partial charge >= 0.3 is 0 Å². The van der Waals surface area contributed by atoms with E-state index in [1.807, 2.05) is 0 Å². The highest BCUT2D eigenvalue weighted by Crippen LogP contribution is 2.23. The van der Waals surface area contributed by atoms with E-state index in [0.717, 1.165) is 17.7 Å².